The molecular weight excluding hydrogens is 232 g/mol. The number of nitrogen functional groups attached to an aromatic ring is 1. The fourth-order valence-electron chi connectivity index (χ4n) is 2.07. The number of ether oxygens (including phenoxy) is 2. The molecule has 0 radical (unpaired) electrons. The quantitative estimate of drug-likeness (QED) is 0.837. The van der Waals surface area contributed by atoms with Crippen LogP contribution in [0.4, 0.5) is 11.6 Å². The van der Waals surface area contributed by atoms with Crippen molar-refractivity contribution >= 4 is 11.6 Å². The zero-order valence-corrected chi connectivity index (χ0v) is 11.1. The minimum Gasteiger partial charge on any atom is -0.384 e. The molecule has 2 atom stereocenters. The van der Waals surface area contributed by atoms with Gasteiger partial charge in [-0.15, -0.1) is 0 Å². The van der Waals surface area contributed by atoms with Gasteiger partial charge in [-0.05, 0) is 20.3 Å². The molecule has 3 N–H and O–H groups in total. The number of methoxy groups -OCH3 is 1. The molecule has 1 fully saturated rings. The first kappa shape index (κ1) is 13.0. The summed E-state index contributed by atoms with van der Waals surface area (Å²) in [6, 6.07) is 1.73. The molecule has 0 saturated carbocycles. The monoisotopic (exact) mass is 252 g/mol. The van der Waals surface area contributed by atoms with Gasteiger partial charge in [-0.25, -0.2) is 9.97 Å². The topological polar surface area (TPSA) is 82.3 Å². The summed E-state index contributed by atoms with van der Waals surface area (Å²) in [5.41, 5.74) is 5.64. The van der Waals surface area contributed by atoms with Crippen molar-refractivity contribution < 1.29 is 9.47 Å². The predicted octanol–water partition coefficient (Wildman–Crippen LogP) is 1.18. The Kier molecular flexibility index (Phi) is 3.68. The zero-order chi connectivity index (χ0) is 13.2. The average Bonchev–Trinajstić information content (AvgIpc) is 2.58. The van der Waals surface area contributed by atoms with Crippen molar-refractivity contribution in [3.63, 3.8) is 0 Å². The van der Waals surface area contributed by atoms with Crippen LogP contribution in [0.3, 0.4) is 0 Å². The minimum atomic E-state index is -0.120. The smallest absolute Gasteiger partial charge is 0.158 e. The van der Waals surface area contributed by atoms with E-state index in [0.717, 1.165) is 18.8 Å². The fraction of sp³-hybridized carbons (Fsp3) is 0.667. The van der Waals surface area contributed by atoms with Crippen molar-refractivity contribution in [2.45, 2.75) is 38.5 Å². The predicted molar refractivity (Wildman–Crippen MR) is 69.2 cm³/mol. The van der Waals surface area contributed by atoms with Gasteiger partial charge in [0.25, 0.3) is 0 Å². The first-order valence-electron chi connectivity index (χ1n) is 6.05. The van der Waals surface area contributed by atoms with Crippen molar-refractivity contribution in [3.05, 3.63) is 11.9 Å². The zero-order valence-electron chi connectivity index (χ0n) is 11.1. The highest BCUT2D eigenvalue weighted by Gasteiger charge is 2.37. The number of aromatic nitrogens is 2. The van der Waals surface area contributed by atoms with Gasteiger partial charge < -0.3 is 20.5 Å². The third kappa shape index (κ3) is 2.70. The lowest BCUT2D eigenvalue weighted by Crippen LogP contribution is -2.41. The van der Waals surface area contributed by atoms with E-state index in [1.54, 1.807) is 13.2 Å². The Morgan fingerprint density at radius 3 is 3.00 bits per heavy atom. The number of nitrogens with zero attached hydrogens (tertiary/aromatic N) is 2. The Morgan fingerprint density at radius 2 is 2.39 bits per heavy atom. The van der Waals surface area contributed by atoms with Crippen LogP contribution in [0.5, 0.6) is 0 Å². The number of hydrogen-bond acceptors (Lipinski definition) is 6. The number of nitrogens with two attached hydrogens (primary N) is 1. The summed E-state index contributed by atoms with van der Waals surface area (Å²) in [6.45, 7) is 5.29. The number of nitrogens with one attached hydrogen (secondary N) is 1. The molecule has 1 aliphatic rings. The first-order valence-corrected chi connectivity index (χ1v) is 6.05. The average molecular weight is 252 g/mol. The lowest BCUT2D eigenvalue weighted by molar-refractivity contribution is 0.105. The third-order valence-electron chi connectivity index (χ3n) is 3.37. The highest BCUT2D eigenvalue weighted by Crippen LogP contribution is 2.29. The van der Waals surface area contributed by atoms with Gasteiger partial charge in [0.15, 0.2) is 5.82 Å². The first-order chi connectivity index (χ1) is 8.53. The Hall–Kier alpha value is -1.40. The Balaban J connectivity index is 2.18. The molecule has 0 spiro atoms. The summed E-state index contributed by atoms with van der Waals surface area (Å²) < 4.78 is 10.6. The van der Waals surface area contributed by atoms with Gasteiger partial charge in [-0.2, -0.15) is 0 Å². The molecule has 2 heterocycles. The summed E-state index contributed by atoms with van der Waals surface area (Å²) in [7, 11) is 1.61. The van der Waals surface area contributed by atoms with E-state index in [1.807, 2.05) is 0 Å². The van der Waals surface area contributed by atoms with E-state index in [2.05, 4.69) is 29.1 Å². The summed E-state index contributed by atoms with van der Waals surface area (Å²) in [5.74, 6) is 1.74. The normalized spacial score (nSPS) is 27.4. The third-order valence-corrected chi connectivity index (χ3v) is 3.37. The number of rotatable bonds is 4. The van der Waals surface area contributed by atoms with Gasteiger partial charge in [0.1, 0.15) is 18.2 Å². The molecule has 1 aliphatic heterocycles. The van der Waals surface area contributed by atoms with Crippen LogP contribution in [0.15, 0.2) is 6.07 Å². The minimum absolute atomic E-state index is 0.120. The molecular formula is C12H20N4O2. The second-order valence-electron chi connectivity index (χ2n) is 4.83. The van der Waals surface area contributed by atoms with E-state index in [1.165, 1.54) is 0 Å². The van der Waals surface area contributed by atoms with Gasteiger partial charge in [-0.3, -0.25) is 0 Å². The maximum absolute atomic E-state index is 5.76. The van der Waals surface area contributed by atoms with Crippen molar-refractivity contribution in [3.8, 4) is 0 Å². The summed E-state index contributed by atoms with van der Waals surface area (Å²) in [6.07, 6.45) is 1.08. The van der Waals surface area contributed by atoms with E-state index in [9.17, 15) is 0 Å². The van der Waals surface area contributed by atoms with Crippen LogP contribution in [-0.2, 0) is 16.1 Å². The summed E-state index contributed by atoms with van der Waals surface area (Å²) in [4.78, 5) is 8.49. The van der Waals surface area contributed by atoms with Crippen LogP contribution in [0.25, 0.3) is 0 Å². The molecule has 0 bridgehead atoms. The Morgan fingerprint density at radius 1 is 1.61 bits per heavy atom. The molecule has 1 aromatic rings. The van der Waals surface area contributed by atoms with Gasteiger partial charge in [0.2, 0.25) is 0 Å². The molecule has 0 aromatic carbocycles. The van der Waals surface area contributed by atoms with Crippen molar-refractivity contribution in [1.29, 1.82) is 0 Å². The van der Waals surface area contributed by atoms with E-state index in [0.29, 0.717) is 18.2 Å². The molecule has 6 nitrogen and oxygen atoms in total. The van der Waals surface area contributed by atoms with Crippen molar-refractivity contribution in [2.75, 3.05) is 24.8 Å². The Labute approximate surface area is 107 Å². The van der Waals surface area contributed by atoms with E-state index in [4.69, 9.17) is 15.2 Å². The van der Waals surface area contributed by atoms with Crippen LogP contribution in [0.1, 0.15) is 26.1 Å². The summed E-state index contributed by atoms with van der Waals surface area (Å²) >= 11 is 0. The van der Waals surface area contributed by atoms with Gasteiger partial charge in [0, 0.05) is 19.8 Å². The molecule has 1 saturated heterocycles. The summed E-state index contributed by atoms with van der Waals surface area (Å²) in [5, 5.41) is 3.39. The molecule has 2 rings (SSSR count). The second kappa shape index (κ2) is 5.07. The molecule has 100 valence electrons. The maximum atomic E-state index is 5.76. The van der Waals surface area contributed by atoms with Crippen molar-refractivity contribution in [1.82, 2.24) is 9.97 Å². The molecule has 2 unspecified atom stereocenters. The SMILES string of the molecule is COCc1nc(N)cc(NC2(C)CCOC2C)n1. The van der Waals surface area contributed by atoms with Crippen LogP contribution in [-0.4, -0.2) is 35.3 Å². The van der Waals surface area contributed by atoms with Crippen LogP contribution in [0, 0.1) is 0 Å². The lowest BCUT2D eigenvalue weighted by atomic mass is 9.95. The van der Waals surface area contributed by atoms with Crippen LogP contribution in [0.2, 0.25) is 0 Å². The largest absolute Gasteiger partial charge is 0.384 e. The van der Waals surface area contributed by atoms with Crippen LogP contribution < -0.4 is 11.1 Å². The molecule has 6 heteroatoms. The lowest BCUT2D eigenvalue weighted by Gasteiger charge is -2.29. The van der Waals surface area contributed by atoms with E-state index >= 15 is 0 Å². The fourth-order valence-corrected chi connectivity index (χ4v) is 2.07. The maximum Gasteiger partial charge on any atom is 0.158 e. The van der Waals surface area contributed by atoms with Crippen LogP contribution >= 0.6 is 0 Å². The van der Waals surface area contributed by atoms with Gasteiger partial charge >= 0.3 is 0 Å². The molecule has 1 aromatic heterocycles. The molecule has 0 amide bonds. The van der Waals surface area contributed by atoms with Gasteiger partial charge in [-0.1, -0.05) is 0 Å². The highest BCUT2D eigenvalue weighted by atomic mass is 16.5. The van der Waals surface area contributed by atoms with E-state index in [-0.39, 0.29) is 11.6 Å². The van der Waals surface area contributed by atoms with Gasteiger partial charge in [0.05, 0.1) is 11.6 Å². The molecule has 0 aliphatic carbocycles. The standard InChI is InChI=1S/C12H20N4O2/c1-8-12(2,4-5-18-8)16-10-6-9(13)14-11(15-10)7-17-3/h6,8H,4-5,7H2,1-3H3,(H3,13,14,15,16). The second-order valence-corrected chi connectivity index (χ2v) is 4.83. The molecule has 18 heavy (non-hydrogen) atoms. The Bertz CT molecular complexity index is 427. The highest BCUT2D eigenvalue weighted by molar-refractivity contribution is 5.46. The van der Waals surface area contributed by atoms with Crippen molar-refractivity contribution in [2.24, 2.45) is 0 Å². The number of hydrogen-bond donors (Lipinski definition) is 2. The number of anilines is 2. The van der Waals surface area contributed by atoms with E-state index < -0.39 is 0 Å².